The number of fused-ring (bicyclic) bond motifs is 2. The summed E-state index contributed by atoms with van der Waals surface area (Å²) in [5, 5.41) is 5.92. The Balaban J connectivity index is 1.22. The molecule has 1 heterocycles. The van der Waals surface area contributed by atoms with Crippen LogP contribution in [-0.4, -0.2) is 23.0 Å². The molecule has 0 aromatic heterocycles. The largest absolute Gasteiger partial charge is 0.321 e. The Kier molecular flexibility index (Phi) is 10.0. The van der Waals surface area contributed by atoms with E-state index >= 15 is 0 Å². The van der Waals surface area contributed by atoms with Gasteiger partial charge < -0.3 is 10.6 Å². The van der Waals surface area contributed by atoms with Gasteiger partial charge in [-0.25, -0.2) is 0 Å². The fourth-order valence-electron chi connectivity index (χ4n) is 4.94. The maximum absolute atomic E-state index is 14.0. The van der Waals surface area contributed by atoms with Crippen molar-refractivity contribution >= 4 is 87.6 Å². The third kappa shape index (κ3) is 7.58. The second-order valence-electron chi connectivity index (χ2n) is 10.5. The van der Waals surface area contributed by atoms with Crippen LogP contribution in [0.15, 0.2) is 142 Å². The van der Waals surface area contributed by atoms with Crippen molar-refractivity contribution in [3.05, 3.63) is 148 Å². The minimum atomic E-state index is -0.550. The van der Waals surface area contributed by atoms with Crippen molar-refractivity contribution in [2.24, 2.45) is 0 Å². The fraction of sp³-hybridized carbons (Fsp3) is 0.0541. The molecule has 0 radical (unpaired) electrons. The summed E-state index contributed by atoms with van der Waals surface area (Å²) in [5.74, 6) is -1.06. The van der Waals surface area contributed by atoms with E-state index in [1.807, 2.05) is 61.5 Å². The lowest BCUT2D eigenvalue weighted by Gasteiger charge is -2.32. The van der Waals surface area contributed by atoms with Crippen LogP contribution in [-0.2, 0) is 9.59 Å². The summed E-state index contributed by atoms with van der Waals surface area (Å²) >= 11 is 15.5. The standard InChI is InChI=1S/C37H27Cl2N3O3S2/c1-23(37(45)42-31-14-5-7-16-33(31)47-34-17-8-6-15-32(34)42)46-28-13-9-12-27(22-28)40-36(44)30(20-25-18-19-26(38)21-29(25)39)41-35(43)24-10-3-2-4-11-24/h2-23H,1H3,(H,40,44)(H,41,43)/b30-20+. The van der Waals surface area contributed by atoms with Gasteiger partial charge in [-0.1, -0.05) is 89.6 Å². The number of nitrogens with one attached hydrogen (secondary N) is 2. The predicted molar refractivity (Wildman–Crippen MR) is 193 cm³/mol. The summed E-state index contributed by atoms with van der Waals surface area (Å²) in [4.78, 5) is 45.2. The molecule has 234 valence electrons. The predicted octanol–water partition coefficient (Wildman–Crippen LogP) is 9.71. The summed E-state index contributed by atoms with van der Waals surface area (Å²) in [6, 6.07) is 36.5. The van der Waals surface area contributed by atoms with Gasteiger partial charge in [0, 0.05) is 36.0 Å². The number of halogens is 2. The molecular formula is C37H27Cl2N3O3S2. The monoisotopic (exact) mass is 695 g/mol. The summed E-state index contributed by atoms with van der Waals surface area (Å²) in [6.45, 7) is 1.88. The molecule has 5 aromatic rings. The van der Waals surface area contributed by atoms with Gasteiger partial charge in [-0.3, -0.25) is 19.3 Å². The maximum Gasteiger partial charge on any atom is 0.272 e. The lowest BCUT2D eigenvalue weighted by Crippen LogP contribution is -2.34. The second-order valence-corrected chi connectivity index (χ2v) is 13.8. The van der Waals surface area contributed by atoms with E-state index in [4.69, 9.17) is 23.2 Å². The first-order valence-electron chi connectivity index (χ1n) is 14.6. The highest BCUT2D eigenvalue weighted by Crippen LogP contribution is 2.48. The molecule has 3 amide bonds. The van der Waals surface area contributed by atoms with Crippen molar-refractivity contribution in [1.82, 2.24) is 5.32 Å². The molecule has 0 saturated heterocycles. The van der Waals surface area contributed by atoms with Crippen molar-refractivity contribution < 1.29 is 14.4 Å². The Hall–Kier alpha value is -4.47. The van der Waals surface area contributed by atoms with Crippen LogP contribution in [0, 0.1) is 0 Å². The number of nitrogens with zero attached hydrogens (tertiary/aromatic N) is 1. The molecule has 0 fully saturated rings. The highest BCUT2D eigenvalue weighted by molar-refractivity contribution is 8.00. The number of anilines is 3. The lowest BCUT2D eigenvalue weighted by atomic mass is 10.1. The van der Waals surface area contributed by atoms with E-state index in [1.165, 1.54) is 17.8 Å². The number of benzene rings is 5. The summed E-state index contributed by atoms with van der Waals surface area (Å²) in [6.07, 6.45) is 1.50. The molecule has 0 saturated carbocycles. The zero-order chi connectivity index (χ0) is 32.9. The van der Waals surface area contributed by atoms with Gasteiger partial charge >= 0.3 is 0 Å². The third-order valence-electron chi connectivity index (χ3n) is 7.20. The van der Waals surface area contributed by atoms with Crippen molar-refractivity contribution in [1.29, 1.82) is 0 Å². The number of amides is 3. The molecule has 10 heteroatoms. The van der Waals surface area contributed by atoms with Gasteiger partial charge in [0.2, 0.25) is 5.91 Å². The van der Waals surface area contributed by atoms with E-state index in [2.05, 4.69) is 10.6 Å². The molecule has 1 unspecified atom stereocenters. The first-order valence-corrected chi connectivity index (χ1v) is 17.0. The number of carbonyl (C=O) groups excluding carboxylic acids is 3. The van der Waals surface area contributed by atoms with Gasteiger partial charge in [0.1, 0.15) is 5.70 Å². The van der Waals surface area contributed by atoms with Crippen LogP contribution >= 0.6 is 46.7 Å². The Morgan fingerprint density at radius 2 is 1.45 bits per heavy atom. The normalized spacial score (nSPS) is 12.8. The van der Waals surface area contributed by atoms with E-state index in [0.29, 0.717) is 26.9 Å². The molecule has 0 spiro atoms. The highest BCUT2D eigenvalue weighted by atomic mass is 35.5. The maximum atomic E-state index is 14.0. The SMILES string of the molecule is CC(Sc1cccc(NC(=O)/C(=C\c2ccc(Cl)cc2Cl)NC(=O)c2ccccc2)c1)C(=O)N1c2ccccc2Sc2ccccc21. The Morgan fingerprint density at radius 3 is 2.13 bits per heavy atom. The van der Waals surface area contributed by atoms with Crippen LogP contribution in [0.1, 0.15) is 22.8 Å². The number of rotatable bonds is 8. The number of thioether (sulfide) groups is 1. The van der Waals surface area contributed by atoms with Gasteiger partial charge in [0.25, 0.3) is 11.8 Å². The van der Waals surface area contributed by atoms with Crippen LogP contribution < -0.4 is 15.5 Å². The molecule has 2 N–H and O–H groups in total. The molecule has 6 nitrogen and oxygen atoms in total. The summed E-state index contributed by atoms with van der Waals surface area (Å²) < 4.78 is 0. The van der Waals surface area contributed by atoms with Gasteiger partial charge in [0.05, 0.1) is 16.6 Å². The lowest BCUT2D eigenvalue weighted by molar-refractivity contribution is -0.117. The molecule has 0 aliphatic carbocycles. The first-order chi connectivity index (χ1) is 22.8. The third-order valence-corrected chi connectivity index (χ3v) is 9.97. The van der Waals surface area contributed by atoms with Crippen molar-refractivity contribution in [3.63, 3.8) is 0 Å². The average Bonchev–Trinajstić information content (AvgIpc) is 3.08. The van der Waals surface area contributed by atoms with Crippen LogP contribution in [0.2, 0.25) is 10.0 Å². The van der Waals surface area contributed by atoms with Gasteiger partial charge in [-0.2, -0.15) is 0 Å². The number of carbonyl (C=O) groups is 3. The van der Waals surface area contributed by atoms with Crippen molar-refractivity contribution in [3.8, 4) is 0 Å². The van der Waals surface area contributed by atoms with Gasteiger partial charge in [-0.05, 0) is 85.3 Å². The Labute approximate surface area is 291 Å². The number of hydrogen-bond donors (Lipinski definition) is 2. The zero-order valence-corrected chi connectivity index (χ0v) is 28.1. The Morgan fingerprint density at radius 1 is 0.787 bits per heavy atom. The quantitative estimate of drug-likeness (QED) is 0.125. The first kappa shape index (κ1) is 32.5. The molecule has 47 heavy (non-hydrogen) atoms. The zero-order valence-electron chi connectivity index (χ0n) is 24.9. The van der Waals surface area contributed by atoms with Crippen LogP contribution in [0.25, 0.3) is 6.08 Å². The van der Waals surface area contributed by atoms with Crippen LogP contribution in [0.3, 0.4) is 0 Å². The molecular weight excluding hydrogens is 669 g/mol. The van der Waals surface area contributed by atoms with E-state index < -0.39 is 17.1 Å². The summed E-state index contributed by atoms with van der Waals surface area (Å²) in [7, 11) is 0. The number of para-hydroxylation sites is 2. The average molecular weight is 697 g/mol. The molecule has 6 rings (SSSR count). The van der Waals surface area contributed by atoms with E-state index in [9.17, 15) is 14.4 Å². The van der Waals surface area contributed by atoms with Crippen molar-refractivity contribution in [2.45, 2.75) is 26.9 Å². The van der Waals surface area contributed by atoms with Crippen molar-refractivity contribution in [2.75, 3.05) is 10.2 Å². The fourth-order valence-corrected chi connectivity index (χ4v) is 7.43. The van der Waals surface area contributed by atoms with E-state index in [1.54, 1.807) is 83.4 Å². The minimum Gasteiger partial charge on any atom is -0.321 e. The molecule has 5 aromatic carbocycles. The van der Waals surface area contributed by atoms with Crippen LogP contribution in [0.4, 0.5) is 17.1 Å². The molecule has 0 bridgehead atoms. The molecule has 1 atom stereocenters. The second kappa shape index (κ2) is 14.5. The smallest absolute Gasteiger partial charge is 0.272 e. The molecule has 1 aliphatic heterocycles. The summed E-state index contributed by atoms with van der Waals surface area (Å²) in [5.41, 5.74) is 3.09. The topological polar surface area (TPSA) is 78.5 Å². The molecule has 1 aliphatic rings. The van der Waals surface area contributed by atoms with Gasteiger partial charge in [-0.15, -0.1) is 11.8 Å². The van der Waals surface area contributed by atoms with Gasteiger partial charge in [0.15, 0.2) is 0 Å². The minimum absolute atomic E-state index is 0.00928. The highest BCUT2D eigenvalue weighted by Gasteiger charge is 2.31. The van der Waals surface area contributed by atoms with Crippen LogP contribution in [0.5, 0.6) is 0 Å². The number of hydrogen-bond acceptors (Lipinski definition) is 5. The van der Waals surface area contributed by atoms with E-state index in [-0.39, 0.29) is 11.6 Å². The van der Waals surface area contributed by atoms with E-state index in [0.717, 1.165) is 26.1 Å². The Bertz CT molecular complexity index is 1970.